The lowest BCUT2D eigenvalue weighted by Crippen LogP contribution is -2.48. The molecule has 1 amide bonds. The van der Waals surface area contributed by atoms with Gasteiger partial charge in [0.05, 0.1) is 0 Å². The van der Waals surface area contributed by atoms with E-state index in [0.717, 1.165) is 39.2 Å². The molecule has 1 fully saturated rings. The predicted octanol–water partition coefficient (Wildman–Crippen LogP) is 2.14. The standard InChI is InChI=1S/C15H30N2O2/c1-3-4-5-6-7-8-13-19-14-15(18)17-11-9-16(2)10-12-17/h3-14H2,1-2H3. The third-order valence-electron chi connectivity index (χ3n) is 3.72. The summed E-state index contributed by atoms with van der Waals surface area (Å²) in [5, 5.41) is 0. The van der Waals surface area contributed by atoms with Crippen molar-refractivity contribution in [2.75, 3.05) is 46.4 Å². The molecule has 1 heterocycles. The van der Waals surface area contributed by atoms with Gasteiger partial charge in [-0.2, -0.15) is 0 Å². The molecule has 0 aromatic heterocycles. The highest BCUT2D eigenvalue weighted by atomic mass is 16.5. The quantitative estimate of drug-likeness (QED) is 0.602. The van der Waals surface area contributed by atoms with Crippen molar-refractivity contribution in [3.8, 4) is 0 Å². The van der Waals surface area contributed by atoms with Crippen LogP contribution in [0.2, 0.25) is 0 Å². The number of likely N-dealkylation sites (N-methyl/N-ethyl adjacent to an activating group) is 1. The molecule has 1 aliphatic rings. The van der Waals surface area contributed by atoms with Gasteiger partial charge < -0.3 is 14.5 Å². The van der Waals surface area contributed by atoms with Crippen molar-refractivity contribution in [3.63, 3.8) is 0 Å². The molecule has 112 valence electrons. The average Bonchev–Trinajstić information content (AvgIpc) is 2.42. The number of hydrogen-bond acceptors (Lipinski definition) is 3. The van der Waals surface area contributed by atoms with E-state index in [1.54, 1.807) is 0 Å². The number of rotatable bonds is 9. The highest BCUT2D eigenvalue weighted by Gasteiger charge is 2.18. The number of unbranched alkanes of at least 4 members (excludes halogenated alkanes) is 5. The lowest BCUT2D eigenvalue weighted by Gasteiger charge is -2.32. The molecule has 1 saturated heterocycles. The molecule has 0 aromatic rings. The number of hydrogen-bond donors (Lipinski definition) is 0. The lowest BCUT2D eigenvalue weighted by atomic mass is 10.1. The monoisotopic (exact) mass is 270 g/mol. The van der Waals surface area contributed by atoms with E-state index in [2.05, 4.69) is 18.9 Å². The summed E-state index contributed by atoms with van der Waals surface area (Å²) in [6.45, 7) is 6.86. The van der Waals surface area contributed by atoms with E-state index in [0.29, 0.717) is 0 Å². The van der Waals surface area contributed by atoms with Crippen molar-refractivity contribution >= 4 is 5.91 Å². The molecule has 1 aliphatic heterocycles. The normalized spacial score (nSPS) is 16.8. The molecule has 1 rings (SSSR count). The van der Waals surface area contributed by atoms with Gasteiger partial charge in [0.25, 0.3) is 0 Å². The number of piperazine rings is 1. The average molecular weight is 270 g/mol. The van der Waals surface area contributed by atoms with Crippen molar-refractivity contribution < 1.29 is 9.53 Å². The molecule has 0 N–H and O–H groups in total. The number of carbonyl (C=O) groups is 1. The van der Waals surface area contributed by atoms with Gasteiger partial charge in [-0.3, -0.25) is 4.79 Å². The van der Waals surface area contributed by atoms with E-state index in [1.807, 2.05) is 4.90 Å². The van der Waals surface area contributed by atoms with Gasteiger partial charge >= 0.3 is 0 Å². The zero-order valence-electron chi connectivity index (χ0n) is 12.7. The molecule has 19 heavy (non-hydrogen) atoms. The minimum atomic E-state index is 0.152. The first-order chi connectivity index (χ1) is 9.24. The largest absolute Gasteiger partial charge is 0.372 e. The van der Waals surface area contributed by atoms with Crippen LogP contribution in [0.1, 0.15) is 45.4 Å². The first-order valence-electron chi connectivity index (χ1n) is 7.78. The Morgan fingerprint density at radius 3 is 2.32 bits per heavy atom. The fraction of sp³-hybridized carbons (Fsp3) is 0.933. The summed E-state index contributed by atoms with van der Waals surface area (Å²) in [4.78, 5) is 16.0. The second kappa shape index (κ2) is 10.2. The summed E-state index contributed by atoms with van der Waals surface area (Å²) in [5.41, 5.74) is 0. The number of ether oxygens (including phenoxy) is 1. The van der Waals surface area contributed by atoms with Crippen LogP contribution in [0.15, 0.2) is 0 Å². The number of nitrogens with zero attached hydrogens (tertiary/aromatic N) is 2. The minimum Gasteiger partial charge on any atom is -0.372 e. The maximum absolute atomic E-state index is 11.9. The summed E-state index contributed by atoms with van der Waals surface area (Å²) < 4.78 is 5.48. The molecular weight excluding hydrogens is 240 g/mol. The zero-order chi connectivity index (χ0) is 13.9. The molecule has 0 radical (unpaired) electrons. The molecule has 0 spiro atoms. The van der Waals surface area contributed by atoms with E-state index in [-0.39, 0.29) is 12.5 Å². The van der Waals surface area contributed by atoms with Crippen molar-refractivity contribution in [1.29, 1.82) is 0 Å². The van der Waals surface area contributed by atoms with E-state index in [1.165, 1.54) is 32.1 Å². The second-order valence-corrected chi connectivity index (χ2v) is 5.50. The maximum Gasteiger partial charge on any atom is 0.248 e. The Bertz CT molecular complexity index is 238. The van der Waals surface area contributed by atoms with E-state index < -0.39 is 0 Å². The lowest BCUT2D eigenvalue weighted by molar-refractivity contribution is -0.137. The fourth-order valence-corrected chi connectivity index (χ4v) is 2.29. The molecule has 0 aromatic carbocycles. The molecular formula is C15H30N2O2. The van der Waals surface area contributed by atoms with Crippen LogP contribution in [0, 0.1) is 0 Å². The van der Waals surface area contributed by atoms with Gasteiger partial charge in [-0.1, -0.05) is 39.0 Å². The van der Waals surface area contributed by atoms with Crippen LogP contribution in [-0.2, 0) is 9.53 Å². The Morgan fingerprint density at radius 2 is 1.63 bits per heavy atom. The smallest absolute Gasteiger partial charge is 0.248 e. The molecule has 0 unspecified atom stereocenters. The molecule has 0 aliphatic carbocycles. The minimum absolute atomic E-state index is 0.152. The van der Waals surface area contributed by atoms with Crippen LogP contribution in [-0.4, -0.2) is 62.1 Å². The third kappa shape index (κ3) is 7.53. The summed E-state index contributed by atoms with van der Waals surface area (Å²) in [7, 11) is 2.09. The van der Waals surface area contributed by atoms with Crippen molar-refractivity contribution in [2.24, 2.45) is 0 Å². The van der Waals surface area contributed by atoms with Gasteiger partial charge in [-0.15, -0.1) is 0 Å². The summed E-state index contributed by atoms with van der Waals surface area (Å²) >= 11 is 0. The van der Waals surface area contributed by atoms with Crippen LogP contribution < -0.4 is 0 Å². The molecule has 0 atom stereocenters. The van der Waals surface area contributed by atoms with Crippen molar-refractivity contribution in [1.82, 2.24) is 9.80 Å². The zero-order valence-corrected chi connectivity index (χ0v) is 12.7. The first-order valence-corrected chi connectivity index (χ1v) is 7.78. The molecule has 0 bridgehead atoms. The molecule has 4 heteroatoms. The van der Waals surface area contributed by atoms with E-state index in [9.17, 15) is 4.79 Å². The SMILES string of the molecule is CCCCCCCCOCC(=O)N1CCN(C)CC1. The summed E-state index contributed by atoms with van der Waals surface area (Å²) in [6.07, 6.45) is 7.56. The topological polar surface area (TPSA) is 32.8 Å². The Balaban J connectivity index is 1.93. The van der Waals surface area contributed by atoms with E-state index >= 15 is 0 Å². The van der Waals surface area contributed by atoms with E-state index in [4.69, 9.17) is 4.74 Å². The highest BCUT2D eigenvalue weighted by Crippen LogP contribution is 2.05. The van der Waals surface area contributed by atoms with Gasteiger partial charge in [-0.05, 0) is 13.5 Å². The fourth-order valence-electron chi connectivity index (χ4n) is 2.29. The molecule has 0 saturated carbocycles. The van der Waals surface area contributed by atoms with Gasteiger partial charge in [-0.25, -0.2) is 0 Å². The maximum atomic E-state index is 11.9. The Morgan fingerprint density at radius 1 is 1.00 bits per heavy atom. The first kappa shape index (κ1) is 16.4. The summed E-state index contributed by atoms with van der Waals surface area (Å²) in [6, 6.07) is 0. The second-order valence-electron chi connectivity index (χ2n) is 5.50. The predicted molar refractivity (Wildman–Crippen MR) is 78.3 cm³/mol. The third-order valence-corrected chi connectivity index (χ3v) is 3.72. The van der Waals surface area contributed by atoms with Gasteiger partial charge in [0.1, 0.15) is 6.61 Å². The Hall–Kier alpha value is -0.610. The van der Waals surface area contributed by atoms with Crippen molar-refractivity contribution in [2.45, 2.75) is 45.4 Å². The van der Waals surface area contributed by atoms with Gasteiger partial charge in [0, 0.05) is 32.8 Å². The Labute approximate surface area is 118 Å². The van der Waals surface area contributed by atoms with Crippen LogP contribution in [0.5, 0.6) is 0 Å². The van der Waals surface area contributed by atoms with Crippen LogP contribution in [0.3, 0.4) is 0 Å². The Kier molecular flexibility index (Phi) is 8.84. The van der Waals surface area contributed by atoms with Crippen LogP contribution in [0.4, 0.5) is 0 Å². The van der Waals surface area contributed by atoms with Gasteiger partial charge in [0.2, 0.25) is 5.91 Å². The van der Waals surface area contributed by atoms with Crippen LogP contribution >= 0.6 is 0 Å². The number of carbonyl (C=O) groups excluding carboxylic acids is 1. The van der Waals surface area contributed by atoms with Crippen LogP contribution in [0.25, 0.3) is 0 Å². The number of amides is 1. The molecule has 4 nitrogen and oxygen atoms in total. The van der Waals surface area contributed by atoms with Gasteiger partial charge in [0.15, 0.2) is 0 Å². The highest BCUT2D eigenvalue weighted by molar-refractivity contribution is 5.77. The summed E-state index contributed by atoms with van der Waals surface area (Å²) in [5.74, 6) is 0.152. The van der Waals surface area contributed by atoms with Crippen molar-refractivity contribution in [3.05, 3.63) is 0 Å².